The van der Waals surface area contributed by atoms with Gasteiger partial charge in [-0.1, -0.05) is 12.1 Å². The number of carbonyl (C=O) groups excluding carboxylic acids is 1. The van der Waals surface area contributed by atoms with Crippen molar-refractivity contribution in [2.45, 2.75) is 0 Å². The summed E-state index contributed by atoms with van der Waals surface area (Å²) in [7, 11) is 4.92. The van der Waals surface area contributed by atoms with E-state index in [0.717, 1.165) is 10.9 Å². The Hall–Kier alpha value is -3.09. The molecule has 2 heterocycles. The summed E-state index contributed by atoms with van der Waals surface area (Å²) in [5, 5.41) is 11.4. The standard InChI is InChI=1S/C16H17N5O2/c1-21(2)16(22)13-8-12(14(23-3)9-17-13)18-15-10-6-4-5-7-11(10)19-20-15/h4-9H,1-3H3,(H2,17,18,19,20). The van der Waals surface area contributed by atoms with E-state index in [2.05, 4.69) is 20.5 Å². The van der Waals surface area contributed by atoms with Crippen molar-refractivity contribution < 1.29 is 9.53 Å². The number of anilines is 2. The smallest absolute Gasteiger partial charge is 0.272 e. The molecule has 1 aromatic carbocycles. The summed E-state index contributed by atoms with van der Waals surface area (Å²) >= 11 is 0. The van der Waals surface area contributed by atoms with Gasteiger partial charge >= 0.3 is 0 Å². The summed E-state index contributed by atoms with van der Waals surface area (Å²) in [5.41, 5.74) is 1.88. The van der Waals surface area contributed by atoms with Crippen molar-refractivity contribution in [2.75, 3.05) is 26.5 Å². The van der Waals surface area contributed by atoms with Gasteiger partial charge in [0, 0.05) is 19.5 Å². The quantitative estimate of drug-likeness (QED) is 0.773. The lowest BCUT2D eigenvalue weighted by Gasteiger charge is -2.13. The lowest BCUT2D eigenvalue weighted by Crippen LogP contribution is -2.22. The fourth-order valence-corrected chi connectivity index (χ4v) is 2.24. The van der Waals surface area contributed by atoms with E-state index < -0.39 is 0 Å². The second kappa shape index (κ2) is 5.96. The fourth-order valence-electron chi connectivity index (χ4n) is 2.24. The molecule has 3 rings (SSSR count). The van der Waals surface area contributed by atoms with Crippen molar-refractivity contribution in [3.05, 3.63) is 42.2 Å². The summed E-state index contributed by atoms with van der Waals surface area (Å²) in [6.07, 6.45) is 1.52. The SMILES string of the molecule is COc1cnc(C(=O)N(C)C)cc1Nc1n[nH]c2ccccc12. The van der Waals surface area contributed by atoms with Gasteiger partial charge in [0.25, 0.3) is 5.91 Å². The van der Waals surface area contributed by atoms with E-state index in [4.69, 9.17) is 4.74 Å². The van der Waals surface area contributed by atoms with Gasteiger partial charge in [-0.05, 0) is 18.2 Å². The molecule has 3 aromatic rings. The molecule has 7 heteroatoms. The molecule has 0 aliphatic rings. The monoisotopic (exact) mass is 311 g/mol. The third kappa shape index (κ3) is 2.80. The van der Waals surface area contributed by atoms with Crippen molar-refractivity contribution in [3.63, 3.8) is 0 Å². The van der Waals surface area contributed by atoms with Crippen LogP contribution in [-0.2, 0) is 0 Å². The van der Waals surface area contributed by atoms with Crippen molar-refractivity contribution >= 4 is 28.3 Å². The third-order valence-electron chi connectivity index (χ3n) is 3.44. The van der Waals surface area contributed by atoms with Crippen LogP contribution in [0.3, 0.4) is 0 Å². The fraction of sp³-hybridized carbons (Fsp3) is 0.188. The molecule has 0 aliphatic carbocycles. The predicted molar refractivity (Wildman–Crippen MR) is 88.2 cm³/mol. The number of hydrogen-bond donors (Lipinski definition) is 2. The average molecular weight is 311 g/mol. The number of methoxy groups -OCH3 is 1. The Balaban J connectivity index is 2.01. The van der Waals surface area contributed by atoms with Gasteiger partial charge in [0.1, 0.15) is 5.69 Å². The molecule has 2 aromatic heterocycles. The lowest BCUT2D eigenvalue weighted by atomic mass is 10.2. The number of para-hydroxylation sites is 1. The Morgan fingerprint density at radius 2 is 2.09 bits per heavy atom. The first-order chi connectivity index (χ1) is 11.1. The molecule has 0 saturated heterocycles. The number of amides is 1. The number of pyridine rings is 1. The van der Waals surface area contributed by atoms with E-state index >= 15 is 0 Å². The number of rotatable bonds is 4. The number of nitrogens with zero attached hydrogens (tertiary/aromatic N) is 3. The zero-order valence-electron chi connectivity index (χ0n) is 13.1. The minimum Gasteiger partial charge on any atom is -0.493 e. The first kappa shape index (κ1) is 14.8. The molecule has 0 bridgehead atoms. The van der Waals surface area contributed by atoms with Gasteiger partial charge in [-0.2, -0.15) is 5.10 Å². The van der Waals surface area contributed by atoms with Gasteiger partial charge < -0.3 is 15.0 Å². The Morgan fingerprint density at radius 3 is 2.83 bits per heavy atom. The number of fused-ring (bicyclic) bond motifs is 1. The first-order valence-electron chi connectivity index (χ1n) is 7.06. The highest BCUT2D eigenvalue weighted by atomic mass is 16.5. The van der Waals surface area contributed by atoms with Gasteiger partial charge in [0.15, 0.2) is 11.6 Å². The molecule has 0 saturated carbocycles. The van der Waals surface area contributed by atoms with Crippen LogP contribution in [0.25, 0.3) is 10.9 Å². The van der Waals surface area contributed by atoms with Gasteiger partial charge in [0.05, 0.1) is 24.5 Å². The van der Waals surface area contributed by atoms with E-state index in [1.807, 2.05) is 24.3 Å². The largest absolute Gasteiger partial charge is 0.493 e. The molecule has 0 spiro atoms. The molecule has 0 radical (unpaired) electrons. The minimum absolute atomic E-state index is 0.178. The maximum Gasteiger partial charge on any atom is 0.272 e. The third-order valence-corrected chi connectivity index (χ3v) is 3.44. The predicted octanol–water partition coefficient (Wildman–Crippen LogP) is 2.41. The van der Waals surface area contributed by atoms with Crippen LogP contribution in [0.5, 0.6) is 5.75 Å². The summed E-state index contributed by atoms with van der Waals surface area (Å²) in [6, 6.07) is 9.43. The average Bonchev–Trinajstić information content (AvgIpc) is 2.97. The topological polar surface area (TPSA) is 83.1 Å². The molecular formula is C16H17N5O2. The van der Waals surface area contributed by atoms with Crippen LogP contribution in [0.15, 0.2) is 36.5 Å². The van der Waals surface area contributed by atoms with E-state index in [9.17, 15) is 4.79 Å². The highest BCUT2D eigenvalue weighted by Crippen LogP contribution is 2.30. The summed E-state index contributed by atoms with van der Waals surface area (Å²) in [6.45, 7) is 0. The van der Waals surface area contributed by atoms with Crippen molar-refractivity contribution in [2.24, 2.45) is 0 Å². The Bertz CT molecular complexity index is 857. The van der Waals surface area contributed by atoms with Crippen molar-refractivity contribution in [3.8, 4) is 5.75 Å². The molecule has 118 valence electrons. The zero-order valence-corrected chi connectivity index (χ0v) is 13.1. The zero-order chi connectivity index (χ0) is 16.4. The van der Waals surface area contributed by atoms with Crippen molar-refractivity contribution in [1.29, 1.82) is 0 Å². The first-order valence-corrected chi connectivity index (χ1v) is 7.06. The summed E-state index contributed by atoms with van der Waals surface area (Å²) in [4.78, 5) is 17.7. The van der Waals surface area contributed by atoms with Crippen LogP contribution >= 0.6 is 0 Å². The normalized spacial score (nSPS) is 10.6. The van der Waals surface area contributed by atoms with Crippen molar-refractivity contribution in [1.82, 2.24) is 20.1 Å². The Labute approximate surface area is 133 Å². The number of nitrogens with one attached hydrogen (secondary N) is 2. The van der Waals surface area contributed by atoms with Crippen LogP contribution in [0.2, 0.25) is 0 Å². The number of aromatic nitrogens is 3. The van der Waals surface area contributed by atoms with Crippen LogP contribution in [0.4, 0.5) is 11.5 Å². The van der Waals surface area contributed by atoms with E-state index in [1.165, 1.54) is 11.1 Å². The van der Waals surface area contributed by atoms with Crippen LogP contribution < -0.4 is 10.1 Å². The Morgan fingerprint density at radius 1 is 1.30 bits per heavy atom. The highest BCUT2D eigenvalue weighted by Gasteiger charge is 2.15. The van der Waals surface area contributed by atoms with E-state index in [-0.39, 0.29) is 5.91 Å². The highest BCUT2D eigenvalue weighted by molar-refractivity contribution is 5.95. The molecular weight excluding hydrogens is 294 g/mol. The van der Waals surface area contributed by atoms with Gasteiger partial charge in [-0.3, -0.25) is 9.89 Å². The number of ether oxygens (including phenoxy) is 1. The van der Waals surface area contributed by atoms with Gasteiger partial charge in [-0.25, -0.2) is 4.98 Å². The maximum absolute atomic E-state index is 12.1. The number of hydrogen-bond acceptors (Lipinski definition) is 5. The summed E-state index contributed by atoms with van der Waals surface area (Å²) in [5.74, 6) is 1.02. The molecule has 23 heavy (non-hydrogen) atoms. The van der Waals surface area contributed by atoms with Crippen LogP contribution in [-0.4, -0.2) is 47.2 Å². The van der Waals surface area contributed by atoms with Crippen LogP contribution in [0, 0.1) is 0 Å². The second-order valence-electron chi connectivity index (χ2n) is 5.21. The Kier molecular flexibility index (Phi) is 3.84. The molecule has 1 amide bonds. The van der Waals surface area contributed by atoms with E-state index in [0.29, 0.717) is 22.9 Å². The molecule has 0 aliphatic heterocycles. The molecule has 0 atom stereocenters. The molecule has 0 fully saturated rings. The van der Waals surface area contributed by atoms with Gasteiger partial charge in [0.2, 0.25) is 0 Å². The van der Waals surface area contributed by atoms with Gasteiger partial charge in [-0.15, -0.1) is 0 Å². The number of benzene rings is 1. The number of carbonyl (C=O) groups is 1. The molecule has 2 N–H and O–H groups in total. The number of H-pyrrole nitrogens is 1. The lowest BCUT2D eigenvalue weighted by molar-refractivity contribution is 0.0822. The van der Waals surface area contributed by atoms with Crippen LogP contribution in [0.1, 0.15) is 10.5 Å². The minimum atomic E-state index is -0.178. The maximum atomic E-state index is 12.1. The molecule has 7 nitrogen and oxygen atoms in total. The second-order valence-corrected chi connectivity index (χ2v) is 5.21. The number of aromatic amines is 1. The molecule has 0 unspecified atom stereocenters. The summed E-state index contributed by atoms with van der Waals surface area (Å²) < 4.78 is 5.31. The van der Waals surface area contributed by atoms with E-state index in [1.54, 1.807) is 27.3 Å².